The van der Waals surface area contributed by atoms with E-state index in [2.05, 4.69) is 5.32 Å². The first kappa shape index (κ1) is 16.9. The van der Waals surface area contributed by atoms with Crippen molar-refractivity contribution in [1.82, 2.24) is 10.2 Å². The summed E-state index contributed by atoms with van der Waals surface area (Å²) in [5, 5.41) is 2.79. The van der Waals surface area contributed by atoms with Gasteiger partial charge >= 0.3 is 0 Å². The van der Waals surface area contributed by atoms with Crippen LogP contribution in [0.3, 0.4) is 0 Å². The Morgan fingerprint density at radius 3 is 2.33 bits per heavy atom. The van der Waals surface area contributed by atoms with Crippen molar-refractivity contribution in [3.05, 3.63) is 0 Å². The van der Waals surface area contributed by atoms with Crippen LogP contribution in [0, 0.1) is 11.3 Å². The van der Waals surface area contributed by atoms with Crippen molar-refractivity contribution in [3.63, 3.8) is 0 Å². The van der Waals surface area contributed by atoms with Crippen molar-refractivity contribution < 1.29 is 9.59 Å². The van der Waals surface area contributed by atoms with Crippen LogP contribution in [0.15, 0.2) is 0 Å². The summed E-state index contributed by atoms with van der Waals surface area (Å²) < 4.78 is 0. The third-order valence-electron chi connectivity index (χ3n) is 3.18. The standard InChI is InChI=1S/C13H27N3O2/c1-6-13(4,9-14)12(18)16(5)8-11(17)15-7-10(2)3/h10H,6-9,14H2,1-5H3,(H,15,17). The second-order valence-corrected chi connectivity index (χ2v) is 5.48. The van der Waals surface area contributed by atoms with Gasteiger partial charge in [0.05, 0.1) is 12.0 Å². The lowest BCUT2D eigenvalue weighted by Crippen LogP contribution is -2.48. The Balaban J connectivity index is 4.36. The maximum Gasteiger partial charge on any atom is 0.239 e. The Kier molecular flexibility index (Phi) is 6.91. The van der Waals surface area contributed by atoms with Crippen molar-refractivity contribution in [2.24, 2.45) is 17.1 Å². The van der Waals surface area contributed by atoms with Crippen LogP contribution in [0.2, 0.25) is 0 Å². The van der Waals surface area contributed by atoms with Crippen molar-refractivity contribution in [2.45, 2.75) is 34.1 Å². The van der Waals surface area contributed by atoms with Crippen LogP contribution in [-0.2, 0) is 9.59 Å². The summed E-state index contributed by atoms with van der Waals surface area (Å²) in [6, 6.07) is 0. The fourth-order valence-corrected chi connectivity index (χ4v) is 1.50. The minimum absolute atomic E-state index is 0.0767. The molecule has 1 unspecified atom stereocenters. The monoisotopic (exact) mass is 257 g/mol. The lowest BCUT2D eigenvalue weighted by atomic mass is 9.86. The number of amides is 2. The fraction of sp³-hybridized carbons (Fsp3) is 0.846. The van der Waals surface area contributed by atoms with Gasteiger partial charge in [0.1, 0.15) is 0 Å². The highest BCUT2D eigenvalue weighted by Crippen LogP contribution is 2.21. The second kappa shape index (κ2) is 7.36. The van der Waals surface area contributed by atoms with Crippen molar-refractivity contribution in [3.8, 4) is 0 Å². The zero-order valence-corrected chi connectivity index (χ0v) is 12.2. The molecule has 2 amide bonds. The van der Waals surface area contributed by atoms with Crippen LogP contribution in [0.1, 0.15) is 34.1 Å². The molecule has 0 heterocycles. The van der Waals surface area contributed by atoms with E-state index in [0.717, 1.165) is 0 Å². The molecule has 0 aliphatic rings. The zero-order valence-electron chi connectivity index (χ0n) is 12.2. The van der Waals surface area contributed by atoms with E-state index in [4.69, 9.17) is 5.73 Å². The van der Waals surface area contributed by atoms with Gasteiger partial charge in [0.15, 0.2) is 0 Å². The highest BCUT2D eigenvalue weighted by molar-refractivity contribution is 5.87. The van der Waals surface area contributed by atoms with Crippen molar-refractivity contribution >= 4 is 11.8 Å². The topological polar surface area (TPSA) is 75.4 Å². The molecule has 5 heteroatoms. The molecule has 0 spiro atoms. The smallest absolute Gasteiger partial charge is 0.239 e. The Morgan fingerprint density at radius 1 is 1.39 bits per heavy atom. The van der Waals surface area contributed by atoms with E-state index in [9.17, 15) is 9.59 Å². The summed E-state index contributed by atoms with van der Waals surface area (Å²) in [6.45, 7) is 8.81. The molecular weight excluding hydrogens is 230 g/mol. The summed E-state index contributed by atoms with van der Waals surface area (Å²) in [5.74, 6) is 0.196. The van der Waals surface area contributed by atoms with Gasteiger partial charge in [0, 0.05) is 20.1 Å². The zero-order chi connectivity index (χ0) is 14.3. The fourth-order valence-electron chi connectivity index (χ4n) is 1.50. The molecule has 0 aromatic carbocycles. The van der Waals surface area contributed by atoms with E-state index in [1.807, 2.05) is 27.7 Å². The summed E-state index contributed by atoms with van der Waals surface area (Å²) in [6.07, 6.45) is 0.667. The normalized spacial score (nSPS) is 14.2. The van der Waals surface area contributed by atoms with Gasteiger partial charge in [-0.05, 0) is 19.3 Å². The summed E-state index contributed by atoms with van der Waals surface area (Å²) in [5.41, 5.74) is 5.06. The molecule has 0 aliphatic heterocycles. The number of rotatable bonds is 7. The molecule has 0 aromatic heterocycles. The third kappa shape index (κ3) is 5.04. The SMILES string of the molecule is CCC(C)(CN)C(=O)N(C)CC(=O)NCC(C)C. The average molecular weight is 257 g/mol. The van der Waals surface area contributed by atoms with E-state index in [1.165, 1.54) is 4.90 Å². The average Bonchev–Trinajstić information content (AvgIpc) is 2.34. The predicted molar refractivity (Wildman–Crippen MR) is 72.9 cm³/mol. The third-order valence-corrected chi connectivity index (χ3v) is 3.18. The lowest BCUT2D eigenvalue weighted by molar-refractivity contribution is -0.142. The predicted octanol–water partition coefficient (Wildman–Crippen LogP) is 0.592. The Labute approximate surface area is 110 Å². The van der Waals surface area contributed by atoms with Crippen molar-refractivity contribution in [1.29, 1.82) is 0 Å². The van der Waals surface area contributed by atoms with Crippen molar-refractivity contribution in [2.75, 3.05) is 26.7 Å². The summed E-state index contributed by atoms with van der Waals surface area (Å²) in [4.78, 5) is 25.2. The van der Waals surface area contributed by atoms with Gasteiger partial charge in [-0.1, -0.05) is 20.8 Å². The minimum atomic E-state index is -0.576. The summed E-state index contributed by atoms with van der Waals surface area (Å²) >= 11 is 0. The van der Waals surface area contributed by atoms with Gasteiger partial charge in [0.2, 0.25) is 11.8 Å². The number of nitrogens with one attached hydrogen (secondary N) is 1. The van der Waals surface area contributed by atoms with E-state index in [-0.39, 0.29) is 18.4 Å². The Hall–Kier alpha value is -1.10. The Morgan fingerprint density at radius 2 is 1.94 bits per heavy atom. The number of nitrogens with zero attached hydrogens (tertiary/aromatic N) is 1. The van der Waals surface area contributed by atoms with Crippen LogP contribution in [0.25, 0.3) is 0 Å². The molecule has 0 radical (unpaired) electrons. The molecule has 0 aliphatic carbocycles. The van der Waals surface area contributed by atoms with Gasteiger partial charge in [0.25, 0.3) is 0 Å². The molecule has 3 N–H and O–H groups in total. The summed E-state index contributed by atoms with van der Waals surface area (Å²) in [7, 11) is 1.64. The molecule has 0 aromatic rings. The number of carbonyl (C=O) groups is 2. The minimum Gasteiger partial charge on any atom is -0.354 e. The van der Waals surface area contributed by atoms with Gasteiger partial charge < -0.3 is 16.0 Å². The van der Waals surface area contributed by atoms with Gasteiger partial charge in [-0.25, -0.2) is 0 Å². The first-order chi connectivity index (χ1) is 8.26. The molecule has 18 heavy (non-hydrogen) atoms. The number of likely N-dealkylation sites (N-methyl/N-ethyl adjacent to an activating group) is 1. The van der Waals surface area contributed by atoms with E-state index in [0.29, 0.717) is 25.4 Å². The molecule has 1 atom stereocenters. The molecule has 0 saturated carbocycles. The first-order valence-corrected chi connectivity index (χ1v) is 6.49. The molecule has 0 rings (SSSR count). The highest BCUT2D eigenvalue weighted by atomic mass is 16.2. The highest BCUT2D eigenvalue weighted by Gasteiger charge is 2.32. The molecule has 0 saturated heterocycles. The van der Waals surface area contributed by atoms with Crippen LogP contribution in [0.5, 0.6) is 0 Å². The maximum atomic E-state index is 12.2. The molecule has 0 fully saturated rings. The number of nitrogens with two attached hydrogens (primary N) is 1. The molecule has 0 bridgehead atoms. The molecular formula is C13H27N3O2. The van der Waals surface area contributed by atoms with Crippen LogP contribution < -0.4 is 11.1 Å². The largest absolute Gasteiger partial charge is 0.354 e. The lowest BCUT2D eigenvalue weighted by Gasteiger charge is -2.30. The molecule has 5 nitrogen and oxygen atoms in total. The second-order valence-electron chi connectivity index (χ2n) is 5.48. The molecule has 106 valence electrons. The van der Waals surface area contributed by atoms with Gasteiger partial charge in [-0.2, -0.15) is 0 Å². The quantitative estimate of drug-likeness (QED) is 0.701. The maximum absolute atomic E-state index is 12.2. The first-order valence-electron chi connectivity index (χ1n) is 6.49. The van der Waals surface area contributed by atoms with Gasteiger partial charge in [-0.15, -0.1) is 0 Å². The van der Waals surface area contributed by atoms with Gasteiger partial charge in [-0.3, -0.25) is 9.59 Å². The Bertz CT molecular complexity index is 286. The number of hydrogen-bond acceptors (Lipinski definition) is 3. The van der Waals surface area contributed by atoms with E-state index < -0.39 is 5.41 Å². The van der Waals surface area contributed by atoms with E-state index >= 15 is 0 Å². The number of carbonyl (C=O) groups excluding carboxylic acids is 2. The van der Waals surface area contributed by atoms with Crippen LogP contribution in [-0.4, -0.2) is 43.4 Å². The number of hydrogen-bond donors (Lipinski definition) is 2. The van der Waals surface area contributed by atoms with Crippen LogP contribution in [0.4, 0.5) is 0 Å². The van der Waals surface area contributed by atoms with Crippen LogP contribution >= 0.6 is 0 Å². The van der Waals surface area contributed by atoms with E-state index in [1.54, 1.807) is 7.05 Å².